The standard InChI is InChI=1S/C30H31FN2O8S/c1-18(34)39-15-21-17-42-27-25(26(36)32(27)23(21)16-40-28(37)20-10-12-22(31)13-11-20)33(29(38)41-30(2,3)4)24(35)14-19-8-6-5-7-9-19/h5-13,25,27H,14-17H2,1-4H3/t25-,27-/m1/s1. The number of benzene rings is 2. The van der Waals surface area contributed by atoms with Gasteiger partial charge in [-0.2, -0.15) is 0 Å². The normalized spacial score (nSPS) is 18.0. The SMILES string of the molecule is CC(=O)OCC1=C(COC(=O)c2ccc(F)cc2)N2C(=O)[C@@H](N(C(=O)Cc3ccccc3)C(=O)OC(C)(C)C)[C@H]2SC1. The summed E-state index contributed by atoms with van der Waals surface area (Å²) in [7, 11) is 0. The molecule has 0 bridgehead atoms. The number of ether oxygens (including phenoxy) is 3. The minimum absolute atomic E-state index is 0.107. The van der Waals surface area contributed by atoms with Crippen LogP contribution in [-0.2, 0) is 35.0 Å². The van der Waals surface area contributed by atoms with E-state index in [1.807, 2.05) is 0 Å². The van der Waals surface area contributed by atoms with Gasteiger partial charge in [0, 0.05) is 18.2 Å². The number of halogens is 1. The molecule has 0 aromatic heterocycles. The predicted octanol–water partition coefficient (Wildman–Crippen LogP) is 4.09. The molecule has 222 valence electrons. The molecule has 2 aliphatic heterocycles. The average Bonchev–Trinajstić information content (AvgIpc) is 2.92. The fraction of sp³-hybridized carbons (Fsp3) is 0.367. The van der Waals surface area contributed by atoms with E-state index in [2.05, 4.69) is 0 Å². The van der Waals surface area contributed by atoms with E-state index < -0.39 is 52.7 Å². The van der Waals surface area contributed by atoms with Gasteiger partial charge in [-0.05, 0) is 50.6 Å². The zero-order valence-corrected chi connectivity index (χ0v) is 24.4. The Kier molecular flexibility index (Phi) is 9.35. The van der Waals surface area contributed by atoms with Gasteiger partial charge in [0.25, 0.3) is 5.91 Å². The number of β-lactam (4-membered cyclic amide) rings is 1. The summed E-state index contributed by atoms with van der Waals surface area (Å²) in [5.74, 6) is -2.70. The third kappa shape index (κ3) is 7.17. The maximum Gasteiger partial charge on any atom is 0.417 e. The van der Waals surface area contributed by atoms with Gasteiger partial charge in [0.2, 0.25) is 5.91 Å². The lowest BCUT2D eigenvalue weighted by Crippen LogP contribution is -2.72. The zero-order valence-electron chi connectivity index (χ0n) is 23.6. The number of fused-ring (bicyclic) bond motifs is 1. The minimum Gasteiger partial charge on any atom is -0.461 e. The van der Waals surface area contributed by atoms with E-state index in [0.717, 1.165) is 17.0 Å². The first-order valence-electron chi connectivity index (χ1n) is 13.2. The summed E-state index contributed by atoms with van der Waals surface area (Å²) >= 11 is 1.28. The van der Waals surface area contributed by atoms with Gasteiger partial charge in [-0.15, -0.1) is 11.8 Å². The molecule has 2 aromatic rings. The Balaban J connectivity index is 1.60. The number of hydrogen-bond acceptors (Lipinski definition) is 9. The molecule has 1 fully saturated rings. The van der Waals surface area contributed by atoms with Crippen molar-refractivity contribution in [3.8, 4) is 0 Å². The van der Waals surface area contributed by atoms with E-state index >= 15 is 0 Å². The Morgan fingerprint density at radius 3 is 2.29 bits per heavy atom. The molecule has 2 aliphatic rings. The smallest absolute Gasteiger partial charge is 0.417 e. The summed E-state index contributed by atoms with van der Waals surface area (Å²) in [5, 5.41) is -0.689. The number of carbonyl (C=O) groups is 5. The number of amides is 3. The van der Waals surface area contributed by atoms with E-state index in [1.165, 1.54) is 35.7 Å². The molecule has 0 aliphatic carbocycles. The molecule has 0 unspecified atom stereocenters. The van der Waals surface area contributed by atoms with Gasteiger partial charge in [-0.25, -0.2) is 18.9 Å². The number of carbonyl (C=O) groups excluding carboxylic acids is 5. The largest absolute Gasteiger partial charge is 0.461 e. The first kappa shape index (κ1) is 30.8. The molecular weight excluding hydrogens is 567 g/mol. The number of rotatable bonds is 8. The van der Waals surface area contributed by atoms with Gasteiger partial charge in [0.1, 0.15) is 30.0 Å². The maximum atomic E-state index is 13.7. The molecular formula is C30H31FN2O8S. The number of imide groups is 1. The monoisotopic (exact) mass is 598 g/mol. The molecule has 3 amide bonds. The van der Waals surface area contributed by atoms with Crippen LogP contribution in [0.1, 0.15) is 43.6 Å². The van der Waals surface area contributed by atoms with E-state index in [1.54, 1.807) is 51.1 Å². The van der Waals surface area contributed by atoms with Gasteiger partial charge < -0.3 is 14.2 Å². The van der Waals surface area contributed by atoms with Crippen LogP contribution < -0.4 is 0 Å². The lowest BCUT2D eigenvalue weighted by atomic mass is 10.0. The molecule has 2 heterocycles. The summed E-state index contributed by atoms with van der Waals surface area (Å²) in [4.78, 5) is 66.9. The van der Waals surface area contributed by atoms with Crippen LogP contribution in [0.15, 0.2) is 65.9 Å². The molecule has 0 spiro atoms. The van der Waals surface area contributed by atoms with Gasteiger partial charge >= 0.3 is 18.0 Å². The Hall–Kier alpha value is -4.19. The van der Waals surface area contributed by atoms with E-state index in [9.17, 15) is 28.4 Å². The van der Waals surface area contributed by atoms with Gasteiger partial charge in [-0.3, -0.25) is 19.3 Å². The molecule has 0 saturated carbocycles. The maximum absolute atomic E-state index is 13.7. The van der Waals surface area contributed by atoms with E-state index in [-0.39, 0.29) is 36.6 Å². The van der Waals surface area contributed by atoms with Crippen molar-refractivity contribution >= 4 is 41.6 Å². The quantitative estimate of drug-likeness (QED) is 0.251. The highest BCUT2D eigenvalue weighted by molar-refractivity contribution is 8.00. The number of thioether (sulfide) groups is 1. The second kappa shape index (κ2) is 12.8. The van der Waals surface area contributed by atoms with Gasteiger partial charge in [0.05, 0.1) is 17.7 Å². The molecule has 0 N–H and O–H groups in total. The van der Waals surface area contributed by atoms with Crippen LogP contribution >= 0.6 is 11.8 Å². The van der Waals surface area contributed by atoms with Gasteiger partial charge in [-0.1, -0.05) is 30.3 Å². The molecule has 42 heavy (non-hydrogen) atoms. The zero-order chi connectivity index (χ0) is 30.6. The molecule has 2 aromatic carbocycles. The lowest BCUT2D eigenvalue weighted by molar-refractivity contribution is -0.156. The highest BCUT2D eigenvalue weighted by Crippen LogP contribution is 2.43. The number of nitrogens with zero attached hydrogens (tertiary/aromatic N) is 2. The number of hydrogen-bond donors (Lipinski definition) is 0. The summed E-state index contributed by atoms with van der Waals surface area (Å²) in [5.41, 5.74) is 0.662. The topological polar surface area (TPSA) is 120 Å². The van der Waals surface area contributed by atoms with Crippen LogP contribution in [0.2, 0.25) is 0 Å². The molecule has 1 saturated heterocycles. The van der Waals surface area contributed by atoms with E-state index in [4.69, 9.17) is 14.2 Å². The summed E-state index contributed by atoms with van der Waals surface area (Å²) in [6, 6.07) is 12.4. The highest BCUT2D eigenvalue weighted by Gasteiger charge is 2.58. The Morgan fingerprint density at radius 2 is 1.67 bits per heavy atom. The molecule has 4 rings (SSSR count). The van der Waals surface area contributed by atoms with Crippen LogP contribution in [-0.4, -0.2) is 75.6 Å². The van der Waals surface area contributed by atoms with Crippen molar-refractivity contribution < 1.29 is 42.6 Å². The fourth-order valence-corrected chi connectivity index (χ4v) is 5.83. The fourth-order valence-electron chi connectivity index (χ4n) is 4.40. The highest BCUT2D eigenvalue weighted by atomic mass is 32.2. The Morgan fingerprint density at radius 1 is 1.00 bits per heavy atom. The van der Waals surface area contributed by atoms with Crippen LogP contribution in [0.5, 0.6) is 0 Å². The molecule has 0 radical (unpaired) electrons. The average molecular weight is 599 g/mol. The Bertz CT molecular complexity index is 1400. The van der Waals surface area contributed by atoms with Crippen LogP contribution in [0.25, 0.3) is 0 Å². The predicted molar refractivity (Wildman–Crippen MR) is 150 cm³/mol. The summed E-state index contributed by atoms with van der Waals surface area (Å²) in [6.45, 7) is 5.73. The van der Waals surface area contributed by atoms with Crippen LogP contribution in [0, 0.1) is 5.82 Å². The minimum atomic E-state index is -1.17. The van der Waals surface area contributed by atoms with Crippen molar-refractivity contribution in [2.24, 2.45) is 0 Å². The van der Waals surface area contributed by atoms with Crippen molar-refractivity contribution in [1.82, 2.24) is 9.80 Å². The molecule has 12 heteroatoms. The molecule has 10 nitrogen and oxygen atoms in total. The van der Waals surface area contributed by atoms with Gasteiger partial charge in [0.15, 0.2) is 6.04 Å². The third-order valence-corrected chi connectivity index (χ3v) is 7.67. The van der Waals surface area contributed by atoms with Crippen molar-refractivity contribution in [2.75, 3.05) is 19.0 Å². The summed E-state index contributed by atoms with van der Waals surface area (Å²) in [6.07, 6.45) is -1.07. The molecule has 2 atom stereocenters. The first-order valence-corrected chi connectivity index (χ1v) is 14.2. The third-order valence-electron chi connectivity index (χ3n) is 6.35. The first-order chi connectivity index (χ1) is 19.9. The van der Waals surface area contributed by atoms with Crippen LogP contribution in [0.4, 0.5) is 9.18 Å². The van der Waals surface area contributed by atoms with Crippen molar-refractivity contribution in [3.63, 3.8) is 0 Å². The second-order valence-corrected chi connectivity index (χ2v) is 11.8. The summed E-state index contributed by atoms with van der Waals surface area (Å²) < 4.78 is 29.4. The van der Waals surface area contributed by atoms with E-state index in [0.29, 0.717) is 11.1 Å². The van der Waals surface area contributed by atoms with Crippen molar-refractivity contribution in [2.45, 2.75) is 51.1 Å². The Labute approximate surface area is 246 Å². The van der Waals surface area contributed by atoms with Crippen LogP contribution in [0.3, 0.4) is 0 Å². The lowest BCUT2D eigenvalue weighted by Gasteiger charge is -2.52. The second-order valence-electron chi connectivity index (χ2n) is 10.7. The number of esters is 2. The van der Waals surface area contributed by atoms with Crippen molar-refractivity contribution in [3.05, 3.63) is 82.8 Å². The van der Waals surface area contributed by atoms with Crippen molar-refractivity contribution in [1.29, 1.82) is 0 Å².